The Balaban J connectivity index is 2.57. The lowest BCUT2D eigenvalue weighted by molar-refractivity contribution is -0.156. The highest BCUT2D eigenvalue weighted by Crippen LogP contribution is 2.43. The molecule has 1 aliphatic rings. The molecule has 5 heteroatoms. The number of carbonyl (C=O) groups is 2. The molecule has 5 nitrogen and oxygen atoms in total. The van der Waals surface area contributed by atoms with E-state index in [-0.39, 0.29) is 0 Å². The minimum absolute atomic E-state index is 0.406. The van der Waals surface area contributed by atoms with Crippen LogP contribution in [0.4, 0.5) is 0 Å². The standard InChI is InChI=1S/C15H19NO4/c1-3-8-16(10-17)15(14(18)19)7-6-11-4-5-12(20-2)9-13(11)15/h4-5,9-10H,3,6-8H2,1-2H3,(H,18,19). The molecule has 0 fully saturated rings. The molecular formula is C15H19NO4. The van der Waals surface area contributed by atoms with Gasteiger partial charge in [-0.15, -0.1) is 0 Å². The van der Waals surface area contributed by atoms with Gasteiger partial charge in [-0.05, 0) is 42.5 Å². The highest BCUT2D eigenvalue weighted by Gasteiger charge is 2.50. The molecule has 0 bridgehead atoms. The minimum atomic E-state index is -1.26. The Morgan fingerprint density at radius 3 is 2.85 bits per heavy atom. The normalized spacial score (nSPS) is 20.3. The Kier molecular flexibility index (Phi) is 3.97. The van der Waals surface area contributed by atoms with E-state index >= 15 is 0 Å². The van der Waals surface area contributed by atoms with Crippen LogP contribution >= 0.6 is 0 Å². The first kappa shape index (κ1) is 14.4. The van der Waals surface area contributed by atoms with Crippen LogP contribution < -0.4 is 4.74 Å². The van der Waals surface area contributed by atoms with E-state index in [2.05, 4.69) is 0 Å². The van der Waals surface area contributed by atoms with Crippen LogP contribution in [0.5, 0.6) is 5.75 Å². The zero-order valence-corrected chi connectivity index (χ0v) is 11.8. The Morgan fingerprint density at radius 1 is 1.55 bits per heavy atom. The second-order valence-electron chi connectivity index (χ2n) is 4.99. The second-order valence-corrected chi connectivity index (χ2v) is 4.99. The maximum absolute atomic E-state index is 11.9. The molecule has 1 aromatic rings. The first-order chi connectivity index (χ1) is 9.59. The van der Waals surface area contributed by atoms with Crippen LogP contribution in [0.15, 0.2) is 18.2 Å². The maximum atomic E-state index is 11.9. The predicted octanol–water partition coefficient (Wildman–Crippen LogP) is 1.79. The summed E-state index contributed by atoms with van der Waals surface area (Å²) < 4.78 is 5.19. The van der Waals surface area contributed by atoms with E-state index in [4.69, 9.17) is 4.74 Å². The van der Waals surface area contributed by atoms with E-state index in [1.807, 2.05) is 19.1 Å². The average Bonchev–Trinajstić information content (AvgIpc) is 2.84. The van der Waals surface area contributed by atoms with Gasteiger partial charge in [0.25, 0.3) is 0 Å². The molecule has 1 aliphatic carbocycles. The third-order valence-corrected chi connectivity index (χ3v) is 3.95. The van der Waals surface area contributed by atoms with Crippen LogP contribution in [-0.4, -0.2) is 36.0 Å². The van der Waals surface area contributed by atoms with Gasteiger partial charge in [-0.3, -0.25) is 4.79 Å². The molecule has 0 saturated heterocycles. The van der Waals surface area contributed by atoms with Crippen molar-refractivity contribution in [2.75, 3.05) is 13.7 Å². The van der Waals surface area contributed by atoms with Gasteiger partial charge >= 0.3 is 5.97 Å². The summed E-state index contributed by atoms with van der Waals surface area (Å²) in [6, 6.07) is 5.44. The summed E-state index contributed by atoms with van der Waals surface area (Å²) in [5, 5.41) is 9.76. The lowest BCUT2D eigenvalue weighted by Gasteiger charge is -2.36. The number of carboxylic acids is 1. The molecule has 1 atom stereocenters. The van der Waals surface area contributed by atoms with Crippen LogP contribution in [0.2, 0.25) is 0 Å². The molecular weight excluding hydrogens is 258 g/mol. The number of amides is 1. The topological polar surface area (TPSA) is 66.8 Å². The molecule has 0 radical (unpaired) electrons. The monoisotopic (exact) mass is 277 g/mol. The summed E-state index contributed by atoms with van der Waals surface area (Å²) in [6.45, 7) is 2.35. The molecule has 0 heterocycles. The number of ether oxygens (including phenoxy) is 1. The van der Waals surface area contributed by atoms with Crippen molar-refractivity contribution in [3.8, 4) is 5.75 Å². The molecule has 1 aromatic carbocycles. The quantitative estimate of drug-likeness (QED) is 0.805. The lowest BCUT2D eigenvalue weighted by atomic mass is 9.89. The lowest BCUT2D eigenvalue weighted by Crippen LogP contribution is -2.50. The molecule has 1 amide bonds. The smallest absolute Gasteiger partial charge is 0.334 e. The van der Waals surface area contributed by atoms with Crippen molar-refractivity contribution in [3.63, 3.8) is 0 Å². The second kappa shape index (κ2) is 5.53. The summed E-state index contributed by atoms with van der Waals surface area (Å²) in [7, 11) is 1.54. The number of benzene rings is 1. The van der Waals surface area contributed by atoms with Gasteiger partial charge < -0.3 is 14.7 Å². The first-order valence-corrected chi connectivity index (χ1v) is 6.73. The van der Waals surface area contributed by atoms with E-state index in [9.17, 15) is 14.7 Å². The van der Waals surface area contributed by atoms with E-state index < -0.39 is 11.5 Å². The van der Waals surface area contributed by atoms with E-state index in [0.717, 1.165) is 5.56 Å². The molecule has 108 valence electrons. The minimum Gasteiger partial charge on any atom is -0.497 e. The van der Waals surface area contributed by atoms with Gasteiger partial charge in [0.2, 0.25) is 6.41 Å². The summed E-state index contributed by atoms with van der Waals surface area (Å²) in [5.41, 5.74) is 0.378. The molecule has 1 unspecified atom stereocenters. The molecule has 0 aromatic heterocycles. The molecule has 20 heavy (non-hydrogen) atoms. The van der Waals surface area contributed by atoms with Crippen LogP contribution in [0.25, 0.3) is 0 Å². The molecule has 0 spiro atoms. The number of rotatable bonds is 6. The number of methoxy groups -OCH3 is 1. The highest BCUT2D eigenvalue weighted by atomic mass is 16.5. The predicted molar refractivity (Wildman–Crippen MR) is 73.7 cm³/mol. The number of carboxylic acid groups (broad SMARTS) is 1. The van der Waals surface area contributed by atoms with Crippen molar-refractivity contribution in [3.05, 3.63) is 29.3 Å². The van der Waals surface area contributed by atoms with Gasteiger partial charge in [0.15, 0.2) is 5.54 Å². The third-order valence-electron chi connectivity index (χ3n) is 3.95. The number of aryl methyl sites for hydroxylation is 1. The van der Waals surface area contributed by atoms with Crippen LogP contribution in [0.1, 0.15) is 30.9 Å². The Hall–Kier alpha value is -2.04. The van der Waals surface area contributed by atoms with Crippen molar-refractivity contribution < 1.29 is 19.4 Å². The van der Waals surface area contributed by atoms with Crippen molar-refractivity contribution in [2.24, 2.45) is 0 Å². The summed E-state index contributed by atoms with van der Waals surface area (Å²) in [5.74, 6) is -0.372. The summed E-state index contributed by atoms with van der Waals surface area (Å²) in [4.78, 5) is 24.7. The third kappa shape index (κ3) is 2.03. The van der Waals surface area contributed by atoms with Gasteiger partial charge in [0.05, 0.1) is 7.11 Å². The fourth-order valence-electron chi connectivity index (χ4n) is 2.95. The number of nitrogens with zero attached hydrogens (tertiary/aromatic N) is 1. The van der Waals surface area contributed by atoms with Gasteiger partial charge in [-0.25, -0.2) is 4.79 Å². The molecule has 2 rings (SSSR count). The SMILES string of the molecule is CCCN(C=O)C1(C(=O)O)CCc2ccc(OC)cc21. The Morgan fingerprint density at radius 2 is 2.30 bits per heavy atom. The first-order valence-electron chi connectivity index (χ1n) is 6.73. The summed E-state index contributed by atoms with van der Waals surface area (Å²) in [6.07, 6.45) is 2.42. The molecule has 1 N–H and O–H groups in total. The molecule has 0 aliphatic heterocycles. The van der Waals surface area contributed by atoms with Gasteiger partial charge in [-0.1, -0.05) is 13.0 Å². The average molecular weight is 277 g/mol. The number of fused-ring (bicyclic) bond motifs is 1. The number of hydrogen-bond acceptors (Lipinski definition) is 3. The van der Waals surface area contributed by atoms with Crippen molar-refractivity contribution >= 4 is 12.4 Å². The zero-order valence-electron chi connectivity index (χ0n) is 11.8. The maximum Gasteiger partial charge on any atom is 0.334 e. The van der Waals surface area contributed by atoms with E-state index in [1.54, 1.807) is 13.2 Å². The Labute approximate surface area is 118 Å². The fourth-order valence-corrected chi connectivity index (χ4v) is 2.95. The van der Waals surface area contributed by atoms with E-state index in [1.165, 1.54) is 4.90 Å². The van der Waals surface area contributed by atoms with Gasteiger partial charge in [0, 0.05) is 6.54 Å². The Bertz CT molecular complexity index is 529. The van der Waals surface area contributed by atoms with Gasteiger partial charge in [-0.2, -0.15) is 0 Å². The largest absolute Gasteiger partial charge is 0.497 e. The number of aliphatic carboxylic acids is 1. The van der Waals surface area contributed by atoms with Crippen LogP contribution in [-0.2, 0) is 21.5 Å². The van der Waals surface area contributed by atoms with Crippen LogP contribution in [0, 0.1) is 0 Å². The number of carbonyl (C=O) groups excluding carboxylic acids is 1. The van der Waals surface area contributed by atoms with E-state index in [0.29, 0.717) is 43.5 Å². The van der Waals surface area contributed by atoms with Gasteiger partial charge in [0.1, 0.15) is 5.75 Å². The number of hydrogen-bond donors (Lipinski definition) is 1. The van der Waals surface area contributed by atoms with Crippen molar-refractivity contribution in [1.29, 1.82) is 0 Å². The fraction of sp³-hybridized carbons (Fsp3) is 0.467. The summed E-state index contributed by atoms with van der Waals surface area (Å²) >= 11 is 0. The zero-order chi connectivity index (χ0) is 14.8. The van der Waals surface area contributed by atoms with Crippen molar-refractivity contribution in [1.82, 2.24) is 4.90 Å². The highest BCUT2D eigenvalue weighted by molar-refractivity contribution is 5.85. The van der Waals surface area contributed by atoms with Crippen LogP contribution in [0.3, 0.4) is 0 Å². The van der Waals surface area contributed by atoms with Crippen molar-refractivity contribution in [2.45, 2.75) is 31.7 Å². The molecule has 0 saturated carbocycles.